The van der Waals surface area contributed by atoms with Crippen molar-refractivity contribution in [3.8, 4) is 0 Å². The van der Waals surface area contributed by atoms with E-state index in [0.717, 1.165) is 29.9 Å². The first kappa shape index (κ1) is 22.0. The van der Waals surface area contributed by atoms with Gasteiger partial charge < -0.3 is 5.32 Å². The molecule has 166 valence electrons. The van der Waals surface area contributed by atoms with Crippen LogP contribution in [0.2, 0.25) is 0 Å². The van der Waals surface area contributed by atoms with Crippen molar-refractivity contribution in [3.63, 3.8) is 0 Å². The lowest BCUT2D eigenvalue weighted by atomic mass is 10.1. The lowest BCUT2D eigenvalue weighted by Gasteiger charge is -2.10. The number of benzene rings is 2. The molecule has 0 spiro atoms. The molecule has 0 saturated carbocycles. The third-order valence-corrected chi connectivity index (χ3v) is 7.15. The Kier molecular flexibility index (Phi) is 6.57. The van der Waals surface area contributed by atoms with Gasteiger partial charge in [0.15, 0.2) is 4.96 Å². The number of unbranched alkanes of at least 4 members (excludes halogenated alkanes) is 1. The molecule has 4 aromatic rings. The van der Waals surface area contributed by atoms with Crippen LogP contribution >= 0.6 is 11.3 Å². The summed E-state index contributed by atoms with van der Waals surface area (Å²) in [6.07, 6.45) is 6.93. The molecule has 0 saturated heterocycles. The first-order valence-corrected chi connectivity index (χ1v) is 12.7. The molecule has 2 heterocycles. The fraction of sp³-hybridized carbons (Fsp3) is 0.217. The molecule has 2 N–H and O–H groups in total. The number of hydrogen-bond acceptors (Lipinski definition) is 5. The predicted molar refractivity (Wildman–Crippen MR) is 127 cm³/mol. The minimum absolute atomic E-state index is 0.0303. The molecule has 2 aromatic heterocycles. The Morgan fingerprint density at radius 3 is 2.72 bits per heavy atom. The number of imidazole rings is 1. The molecule has 32 heavy (non-hydrogen) atoms. The summed E-state index contributed by atoms with van der Waals surface area (Å²) in [5.41, 5.74) is 2.66. The maximum Gasteiger partial charge on any atom is 0.261 e. The van der Waals surface area contributed by atoms with Gasteiger partial charge in [0.05, 0.1) is 17.1 Å². The number of carbonyl (C=O) groups is 1. The molecule has 7 nitrogen and oxygen atoms in total. The fourth-order valence-corrected chi connectivity index (χ4v) is 5.10. The highest BCUT2D eigenvalue weighted by Gasteiger charge is 2.17. The molecule has 0 aliphatic rings. The lowest BCUT2D eigenvalue weighted by Crippen LogP contribution is -2.23. The van der Waals surface area contributed by atoms with E-state index >= 15 is 0 Å². The Balaban J connectivity index is 1.42. The number of rotatable bonds is 9. The quantitative estimate of drug-likeness (QED) is 0.379. The summed E-state index contributed by atoms with van der Waals surface area (Å²) in [4.78, 5) is 17.9. The van der Waals surface area contributed by atoms with Crippen LogP contribution in [-0.2, 0) is 23.0 Å². The van der Waals surface area contributed by atoms with Crippen molar-refractivity contribution in [1.29, 1.82) is 0 Å². The molecule has 2 aromatic carbocycles. The molecule has 1 amide bonds. The topological polar surface area (TPSA) is 92.6 Å². The lowest BCUT2D eigenvalue weighted by molar-refractivity contribution is 0.0950. The predicted octanol–water partition coefficient (Wildman–Crippen LogP) is 4.47. The van der Waals surface area contributed by atoms with Crippen LogP contribution in [0.5, 0.6) is 0 Å². The Bertz CT molecular complexity index is 1300. The zero-order valence-corrected chi connectivity index (χ0v) is 19.2. The van der Waals surface area contributed by atoms with Gasteiger partial charge >= 0.3 is 0 Å². The number of amides is 1. The van der Waals surface area contributed by atoms with E-state index < -0.39 is 10.0 Å². The monoisotopic (exact) mass is 468 g/mol. The number of fused-ring (bicyclic) bond motifs is 1. The van der Waals surface area contributed by atoms with Gasteiger partial charge in [-0.05, 0) is 48.7 Å². The number of thiazole rings is 1. The first-order valence-electron chi connectivity index (χ1n) is 10.4. The van der Waals surface area contributed by atoms with Gasteiger partial charge in [-0.25, -0.2) is 13.4 Å². The van der Waals surface area contributed by atoms with Crippen molar-refractivity contribution in [1.82, 2.24) is 14.7 Å². The normalized spacial score (nSPS) is 11.5. The van der Waals surface area contributed by atoms with Gasteiger partial charge in [0.2, 0.25) is 0 Å². The van der Waals surface area contributed by atoms with E-state index in [9.17, 15) is 13.2 Å². The standard InChI is InChI=1S/C23H24N4O3S2/c1-2-3-5-17-8-10-19(11-9-17)26-32(29,30)21-7-4-6-18(14-21)22(28)24-15-20-16-27-12-13-31-23(27)25-20/h4,6-14,16,26H,2-3,5,15H2,1H3,(H,24,28). The Morgan fingerprint density at radius 1 is 1.16 bits per heavy atom. The number of carbonyl (C=O) groups excluding carboxylic acids is 1. The minimum atomic E-state index is -3.82. The summed E-state index contributed by atoms with van der Waals surface area (Å²) < 4.78 is 30.1. The number of hydrogen-bond donors (Lipinski definition) is 2. The second-order valence-corrected chi connectivity index (χ2v) is 10.00. The molecule has 4 rings (SSSR count). The maximum atomic E-state index is 12.8. The minimum Gasteiger partial charge on any atom is -0.346 e. The molecule has 0 unspecified atom stereocenters. The number of sulfonamides is 1. The van der Waals surface area contributed by atoms with Crippen molar-refractivity contribution in [2.24, 2.45) is 0 Å². The van der Waals surface area contributed by atoms with Gasteiger partial charge in [-0.2, -0.15) is 0 Å². The summed E-state index contributed by atoms with van der Waals surface area (Å²) in [5, 5.41) is 4.73. The number of nitrogens with one attached hydrogen (secondary N) is 2. The third-order valence-electron chi connectivity index (χ3n) is 5.00. The van der Waals surface area contributed by atoms with E-state index in [1.54, 1.807) is 24.3 Å². The summed E-state index contributed by atoms with van der Waals surface area (Å²) in [6, 6.07) is 13.4. The van der Waals surface area contributed by atoms with Crippen LogP contribution in [-0.4, -0.2) is 23.7 Å². The van der Waals surface area contributed by atoms with Gasteiger partial charge in [0, 0.05) is 29.0 Å². The largest absolute Gasteiger partial charge is 0.346 e. The van der Waals surface area contributed by atoms with Crippen LogP contribution in [0.25, 0.3) is 4.96 Å². The highest BCUT2D eigenvalue weighted by molar-refractivity contribution is 7.92. The molecule has 0 radical (unpaired) electrons. The number of aryl methyl sites for hydroxylation is 1. The smallest absolute Gasteiger partial charge is 0.261 e. The molecule has 0 atom stereocenters. The van der Waals surface area contributed by atoms with E-state index in [4.69, 9.17) is 0 Å². The number of aromatic nitrogens is 2. The Hall–Kier alpha value is -3.17. The summed E-state index contributed by atoms with van der Waals surface area (Å²) >= 11 is 1.51. The van der Waals surface area contributed by atoms with Crippen LogP contribution in [0, 0.1) is 0 Å². The molecule has 0 fully saturated rings. The van der Waals surface area contributed by atoms with Crippen molar-refractivity contribution in [2.75, 3.05) is 4.72 Å². The molecule has 0 aliphatic carbocycles. The Morgan fingerprint density at radius 2 is 1.97 bits per heavy atom. The summed E-state index contributed by atoms with van der Waals surface area (Å²) in [7, 11) is -3.82. The molecule has 9 heteroatoms. The van der Waals surface area contributed by atoms with E-state index in [0.29, 0.717) is 5.69 Å². The van der Waals surface area contributed by atoms with Crippen LogP contribution in [0.4, 0.5) is 5.69 Å². The van der Waals surface area contributed by atoms with E-state index in [1.165, 1.54) is 29.0 Å². The first-order chi connectivity index (χ1) is 15.4. The number of anilines is 1. The number of nitrogens with zero attached hydrogens (tertiary/aromatic N) is 2. The maximum absolute atomic E-state index is 12.8. The zero-order chi connectivity index (χ0) is 22.6. The zero-order valence-electron chi connectivity index (χ0n) is 17.6. The second-order valence-electron chi connectivity index (χ2n) is 7.44. The summed E-state index contributed by atoms with van der Waals surface area (Å²) in [5.74, 6) is -0.362. The van der Waals surface area contributed by atoms with Crippen molar-refractivity contribution in [3.05, 3.63) is 83.1 Å². The molecule has 0 bridgehead atoms. The van der Waals surface area contributed by atoms with Gasteiger partial charge in [0.1, 0.15) is 0 Å². The van der Waals surface area contributed by atoms with E-state index in [2.05, 4.69) is 21.9 Å². The van der Waals surface area contributed by atoms with Gasteiger partial charge in [-0.15, -0.1) is 11.3 Å². The van der Waals surface area contributed by atoms with Crippen molar-refractivity contribution >= 4 is 37.9 Å². The molecule has 0 aliphatic heterocycles. The fourth-order valence-electron chi connectivity index (χ4n) is 3.27. The summed E-state index contributed by atoms with van der Waals surface area (Å²) in [6.45, 7) is 2.39. The van der Waals surface area contributed by atoms with E-state index in [1.807, 2.05) is 34.3 Å². The molecular weight excluding hydrogens is 444 g/mol. The second kappa shape index (κ2) is 9.54. The van der Waals surface area contributed by atoms with Crippen molar-refractivity contribution < 1.29 is 13.2 Å². The average molecular weight is 469 g/mol. The molecular formula is C23H24N4O3S2. The Labute approximate surface area is 191 Å². The van der Waals surface area contributed by atoms with Gasteiger partial charge in [-0.1, -0.05) is 31.5 Å². The van der Waals surface area contributed by atoms with Crippen LogP contribution < -0.4 is 10.0 Å². The van der Waals surface area contributed by atoms with Gasteiger partial charge in [-0.3, -0.25) is 13.9 Å². The van der Waals surface area contributed by atoms with Crippen LogP contribution in [0.1, 0.15) is 41.4 Å². The van der Waals surface area contributed by atoms with Crippen molar-refractivity contribution in [2.45, 2.75) is 37.6 Å². The van der Waals surface area contributed by atoms with Gasteiger partial charge in [0.25, 0.3) is 15.9 Å². The van der Waals surface area contributed by atoms with Crippen LogP contribution in [0.15, 0.2) is 71.2 Å². The third kappa shape index (κ3) is 5.17. The average Bonchev–Trinajstić information content (AvgIpc) is 3.39. The van der Waals surface area contributed by atoms with Crippen LogP contribution in [0.3, 0.4) is 0 Å². The van der Waals surface area contributed by atoms with E-state index in [-0.39, 0.29) is 22.9 Å². The SMILES string of the molecule is CCCCc1ccc(NS(=O)(=O)c2cccc(C(=O)NCc3cn4ccsc4n3)c2)cc1. The highest BCUT2D eigenvalue weighted by atomic mass is 32.2. The highest BCUT2D eigenvalue weighted by Crippen LogP contribution is 2.19.